The van der Waals surface area contributed by atoms with Gasteiger partial charge < -0.3 is 81.2 Å². The van der Waals surface area contributed by atoms with Crippen molar-refractivity contribution in [3.63, 3.8) is 0 Å². The van der Waals surface area contributed by atoms with Crippen molar-refractivity contribution in [2.75, 3.05) is 72.4 Å². The van der Waals surface area contributed by atoms with Gasteiger partial charge in [0.1, 0.15) is 83.3 Å². The number of carbonyl (C=O) groups excluding carboxylic acids is 3. The number of hydrogen-bond donors (Lipinski definition) is 6. The van der Waals surface area contributed by atoms with Crippen molar-refractivity contribution in [2.45, 2.75) is 316 Å². The lowest BCUT2D eigenvalue weighted by Gasteiger charge is -2.38. The molecule has 6 aliphatic rings. The normalized spacial score (nSPS) is 22.7. The first-order chi connectivity index (χ1) is 66.7. The van der Waals surface area contributed by atoms with Crippen molar-refractivity contribution in [3.05, 3.63) is 181 Å². The summed E-state index contributed by atoms with van der Waals surface area (Å²) in [6, 6.07) is 20.8. The third kappa shape index (κ3) is 26.4. The summed E-state index contributed by atoms with van der Waals surface area (Å²) in [5.74, 6) is 16.1. The van der Waals surface area contributed by atoms with Gasteiger partial charge in [0.15, 0.2) is 18.7 Å². The highest BCUT2D eigenvalue weighted by Crippen LogP contribution is 2.60. The van der Waals surface area contributed by atoms with Crippen molar-refractivity contribution in [2.24, 2.45) is 0 Å². The van der Waals surface area contributed by atoms with Crippen LogP contribution in [-0.4, -0.2) is 222 Å². The zero-order valence-corrected chi connectivity index (χ0v) is 85.4. The topological polar surface area (TPSA) is 405 Å². The van der Waals surface area contributed by atoms with Gasteiger partial charge in [-0.15, -0.1) is 0 Å². The van der Waals surface area contributed by atoms with Crippen LogP contribution in [0, 0.1) is 60.0 Å². The molecule has 9 heterocycles. The molecule has 0 saturated carbocycles. The summed E-state index contributed by atoms with van der Waals surface area (Å²) < 4.78 is 86.7. The van der Waals surface area contributed by atoms with Crippen LogP contribution < -0.4 is 49.7 Å². The van der Waals surface area contributed by atoms with Gasteiger partial charge in [-0.1, -0.05) is 163 Å². The number of carbonyl (C=O) groups is 3. The number of fused-ring (bicyclic) bond motifs is 6. The molecular formula is C100H134N15O21P3. The molecule has 0 radical (unpaired) electrons. The molecule has 15 atom stereocenters. The SMILES string of the molecule is CC[C@@]12CO[C@H](C1OP(OCCC#N)N(C(C)C)C(C)C)[C@H](n1cc(C#CCNC(=O)c3ccc4ccc5cccc6ccc3c4c56)c(=O)[nH]c1=O)O2.[C-]#[N+]CCOP(OC1[C@H]2OC[C@@]1(CC)O[C@H]2n1cc(C#CCNC(=O)CCCCCCCCCCC)c(=O)[nH]c1=O)N(C(C)C)C(C)C.[C-]#[N+]CCOP(OC1[C@H]2OC[C@@]1(CC)O[C@H]2n1cc(C#CCNC(C)=O)c(=O)[nH]c1=O)N(C(C)C)C(C)C. The quantitative estimate of drug-likeness (QED) is 0.00679. The molecule has 39 heteroatoms. The predicted molar refractivity (Wildman–Crippen MR) is 532 cm³/mol. The van der Waals surface area contributed by atoms with E-state index >= 15 is 0 Å². The lowest BCUT2D eigenvalue weighted by atomic mass is 9.92. The Morgan fingerprint density at radius 3 is 1.21 bits per heavy atom. The summed E-state index contributed by atoms with van der Waals surface area (Å²) in [4.78, 5) is 128. The molecule has 0 aliphatic carbocycles. The maximum atomic E-state index is 13.4. The molecule has 4 aromatic carbocycles. The number of nitrogens with zero attached hydrogens (tertiary/aromatic N) is 9. The molecule has 7 aromatic rings. The van der Waals surface area contributed by atoms with E-state index in [-0.39, 0.29) is 149 Å². The van der Waals surface area contributed by atoms with E-state index in [4.69, 9.17) is 74.0 Å². The standard InChI is InChI=1S/C40H42N5O7P.C35H56N5O7P.C25H36N5O7P/c1-6-40-23-49-34(35(40)52-53(50-21-9-19-41)45(24(2)3)25(4)5)38(51-40)44-22-29(36(46)43-39(44)48)12-8-20-42-37(47)31-18-16-28-14-13-26-10-7-11-27-15-17-30(31)33(28)32(26)27;1-8-10-11-12-13-14-15-16-17-20-29(41)37-21-18-19-28-24-39(34(43)38-32(28)42)33-30-31(35(9-2,46-33)25-44-30)47-48(45-23-22-36-7)40(26(3)4)27(5)6;1-8-25-15-34-20(21(25)37-38(35-13-12-26-7)30(16(2)3)17(4)5)23(36-25)29-14-19(22(32)28-24(29)33)10-9-11-27-18(6)31/h7,10-11,13-18,22,24-25,34-35,38H,6,9,20-21,23H2,1-5H3,(H,42,47)(H,43,46,48);24,26-27,30-31,33H,8-17,20-23,25H2,1-6H3,(H,37,41)(H,38,42,43);14,16-17,20-21,23H,8,11-13,15H2,1-6H3,(H,27,31)(H,28,32,33)/t34-,35?,38-,40-,53?;30-,31?,33-,35-,48?;20-,21?,23-,25-,38?/m111/s1. The third-order valence-corrected chi connectivity index (χ3v) is 31.4. The summed E-state index contributed by atoms with van der Waals surface area (Å²) in [5, 5.41) is 23.6. The Bertz CT molecular complexity index is 6060. The monoisotopic (exact) mass is 1970 g/mol. The van der Waals surface area contributed by atoms with Crippen LogP contribution in [0.15, 0.2) is 102 Å². The molecule has 6 saturated heterocycles. The number of nitrogens with one attached hydrogen (secondary N) is 6. The van der Waals surface area contributed by atoms with Crippen molar-refractivity contribution in [1.82, 2.24) is 58.6 Å². The van der Waals surface area contributed by atoms with Gasteiger partial charge in [-0.2, -0.15) is 5.26 Å². The van der Waals surface area contributed by atoms with Crippen molar-refractivity contribution < 1.29 is 69.9 Å². The van der Waals surface area contributed by atoms with Crippen LogP contribution in [0.3, 0.4) is 0 Å². The first-order valence-electron chi connectivity index (χ1n) is 48.2. The first kappa shape index (κ1) is 110. The predicted octanol–water partition coefficient (Wildman–Crippen LogP) is 13.4. The average Bonchev–Trinajstić information content (AvgIpc) is 1.70. The molecule has 36 nitrogen and oxygen atoms in total. The van der Waals surface area contributed by atoms with Gasteiger partial charge in [0, 0.05) is 73.7 Å². The minimum absolute atomic E-state index is 0.0303. The number of rotatable bonds is 44. The Morgan fingerprint density at radius 1 is 0.489 bits per heavy atom. The molecule has 13 rings (SSSR count). The zero-order valence-electron chi connectivity index (χ0n) is 82.7. The summed E-state index contributed by atoms with van der Waals surface area (Å²) in [6.07, 6.45) is 10.8. The minimum atomic E-state index is -1.62. The highest BCUT2D eigenvalue weighted by atomic mass is 31.2. The molecule has 6 bridgehead atoms. The zero-order chi connectivity index (χ0) is 101. The Hall–Kier alpha value is -9.79. The van der Waals surface area contributed by atoms with Crippen LogP contribution in [0.25, 0.3) is 42.0 Å². The van der Waals surface area contributed by atoms with Gasteiger partial charge in [-0.3, -0.25) is 57.4 Å². The van der Waals surface area contributed by atoms with E-state index in [0.29, 0.717) is 31.2 Å². The third-order valence-electron chi connectivity index (χ3n) is 25.1. The summed E-state index contributed by atoms with van der Waals surface area (Å²) in [7, 11) is -4.77. The highest BCUT2D eigenvalue weighted by Gasteiger charge is 2.66. The van der Waals surface area contributed by atoms with E-state index in [0.717, 1.165) is 51.6 Å². The fourth-order valence-corrected chi connectivity index (χ4v) is 23.7. The molecule has 750 valence electrons. The lowest BCUT2D eigenvalue weighted by Crippen LogP contribution is -2.43. The molecule has 3 aromatic heterocycles. The maximum absolute atomic E-state index is 13.4. The van der Waals surface area contributed by atoms with E-state index in [1.54, 1.807) is 0 Å². The highest BCUT2D eigenvalue weighted by molar-refractivity contribution is 7.45. The molecule has 6 fully saturated rings. The first-order valence-corrected chi connectivity index (χ1v) is 51.6. The fraction of sp³-hybridized carbons (Fsp3) is 0.600. The average molecular weight is 1980 g/mol. The van der Waals surface area contributed by atoms with Gasteiger partial charge in [0.25, 0.3) is 48.2 Å². The largest absolute Gasteiger partial charge is 0.368 e. The summed E-state index contributed by atoms with van der Waals surface area (Å²) >= 11 is 0. The van der Waals surface area contributed by atoms with Crippen LogP contribution in [0.1, 0.15) is 253 Å². The Balaban J connectivity index is 0.000000203. The molecular weight excluding hydrogens is 1840 g/mol. The smallest absolute Gasteiger partial charge is 0.330 e. The number of hydrogen-bond acceptors (Lipinski definition) is 25. The van der Waals surface area contributed by atoms with E-state index in [9.17, 15) is 43.2 Å². The van der Waals surface area contributed by atoms with Crippen molar-refractivity contribution in [3.8, 4) is 41.6 Å². The molecule has 139 heavy (non-hydrogen) atoms. The number of aromatic nitrogens is 6. The lowest BCUT2D eigenvalue weighted by molar-refractivity contribution is -0.175. The van der Waals surface area contributed by atoms with Crippen LogP contribution in [0.5, 0.6) is 0 Å². The van der Waals surface area contributed by atoms with E-state index in [1.165, 1.54) is 77.7 Å². The van der Waals surface area contributed by atoms with Gasteiger partial charge in [-0.05, 0) is 147 Å². The van der Waals surface area contributed by atoms with Crippen molar-refractivity contribution >= 4 is 75.6 Å². The van der Waals surface area contributed by atoms with Gasteiger partial charge >= 0.3 is 17.1 Å². The number of unbranched alkanes of at least 4 members (excludes halogenated alkanes) is 8. The van der Waals surface area contributed by atoms with Gasteiger partial charge in [-0.25, -0.2) is 41.5 Å². The number of benzene rings is 4. The minimum Gasteiger partial charge on any atom is -0.368 e. The number of H-pyrrole nitrogens is 3. The number of ether oxygens (including phenoxy) is 6. The van der Waals surface area contributed by atoms with Gasteiger partial charge in [0.05, 0.1) is 58.6 Å². The second kappa shape index (κ2) is 51.2. The van der Waals surface area contributed by atoms with E-state index in [1.807, 2.05) is 51.1 Å². The second-order valence-corrected chi connectivity index (χ2v) is 40.9. The Labute approximate surface area is 815 Å². The molecule has 6 aliphatic heterocycles. The summed E-state index contributed by atoms with van der Waals surface area (Å²) in [6.45, 7) is 50.5. The number of nitriles is 1. The van der Waals surface area contributed by atoms with Crippen molar-refractivity contribution in [1.29, 1.82) is 5.26 Å². The summed E-state index contributed by atoms with van der Waals surface area (Å²) in [5.41, 5.74) is -5.72. The van der Waals surface area contributed by atoms with Gasteiger partial charge in [0.2, 0.25) is 24.9 Å². The maximum Gasteiger partial charge on any atom is 0.330 e. The van der Waals surface area contributed by atoms with Crippen LogP contribution in [0.4, 0.5) is 0 Å². The molecule has 0 spiro atoms. The molecule has 6 unspecified atom stereocenters. The fourth-order valence-electron chi connectivity index (χ4n) is 18.3. The van der Waals surface area contributed by atoms with Crippen LogP contribution in [0.2, 0.25) is 0 Å². The number of aromatic amines is 3. The van der Waals surface area contributed by atoms with E-state index in [2.05, 4.69) is 210 Å². The number of amides is 3. The molecule has 3 amide bonds. The molecule has 6 N–H and O–H groups in total. The van der Waals surface area contributed by atoms with Crippen LogP contribution >= 0.6 is 25.6 Å². The Morgan fingerprint density at radius 2 is 0.842 bits per heavy atom. The van der Waals surface area contributed by atoms with E-state index < -0.39 is 131 Å². The van der Waals surface area contributed by atoms with Crippen LogP contribution in [-0.2, 0) is 65.2 Å². The second-order valence-electron chi connectivity index (χ2n) is 36.7. The Kier molecular flexibility index (Phi) is 40.4.